The zero-order valence-electron chi connectivity index (χ0n) is 15.1. The molecule has 1 saturated heterocycles. The summed E-state index contributed by atoms with van der Waals surface area (Å²) in [6, 6.07) is 10.5. The Labute approximate surface area is 167 Å². The Morgan fingerprint density at radius 1 is 1.14 bits per heavy atom. The SMILES string of the molecule is O=C(CO)c1ccc(CN(C(=O)N2CCOCC2)c2ccc(F)c(Cl)c2)cc1. The molecule has 0 aromatic heterocycles. The molecule has 148 valence electrons. The highest BCUT2D eigenvalue weighted by Gasteiger charge is 2.25. The molecule has 0 radical (unpaired) electrons. The van der Waals surface area contributed by atoms with Crippen LogP contribution in [0.5, 0.6) is 0 Å². The highest BCUT2D eigenvalue weighted by atomic mass is 35.5. The fourth-order valence-electron chi connectivity index (χ4n) is 2.92. The smallest absolute Gasteiger partial charge is 0.324 e. The second kappa shape index (κ2) is 9.14. The van der Waals surface area contributed by atoms with Gasteiger partial charge in [0.05, 0.1) is 24.8 Å². The van der Waals surface area contributed by atoms with Crippen LogP contribution < -0.4 is 4.90 Å². The number of aliphatic hydroxyl groups excluding tert-OH is 1. The number of nitrogens with zero attached hydrogens (tertiary/aromatic N) is 2. The Bertz CT molecular complexity index is 854. The lowest BCUT2D eigenvalue weighted by Crippen LogP contribution is -2.48. The molecule has 2 aromatic rings. The number of morpholine rings is 1. The molecule has 28 heavy (non-hydrogen) atoms. The number of carbonyl (C=O) groups excluding carboxylic acids is 2. The summed E-state index contributed by atoms with van der Waals surface area (Å²) < 4.78 is 18.9. The van der Waals surface area contributed by atoms with Crippen LogP contribution in [-0.4, -0.2) is 54.7 Å². The normalized spacial score (nSPS) is 14.0. The first-order valence-electron chi connectivity index (χ1n) is 8.82. The summed E-state index contributed by atoms with van der Waals surface area (Å²) in [6.07, 6.45) is 0. The zero-order valence-corrected chi connectivity index (χ0v) is 15.9. The van der Waals surface area contributed by atoms with Crippen molar-refractivity contribution in [2.75, 3.05) is 37.8 Å². The lowest BCUT2D eigenvalue weighted by atomic mass is 10.1. The number of ether oxygens (including phenoxy) is 1. The predicted molar refractivity (Wildman–Crippen MR) is 103 cm³/mol. The van der Waals surface area contributed by atoms with Crippen LogP contribution in [0.15, 0.2) is 42.5 Å². The summed E-state index contributed by atoms with van der Waals surface area (Å²) in [5, 5.41) is 8.89. The van der Waals surface area contributed by atoms with Gasteiger partial charge in [-0.25, -0.2) is 9.18 Å². The molecule has 3 rings (SSSR count). The summed E-state index contributed by atoms with van der Waals surface area (Å²) in [6.45, 7) is 1.51. The molecule has 0 bridgehead atoms. The molecular weight excluding hydrogens is 387 g/mol. The van der Waals surface area contributed by atoms with Gasteiger partial charge in [0.25, 0.3) is 0 Å². The number of urea groups is 1. The van der Waals surface area contributed by atoms with Crippen molar-refractivity contribution in [3.63, 3.8) is 0 Å². The van der Waals surface area contributed by atoms with Crippen molar-refractivity contribution in [2.45, 2.75) is 6.54 Å². The number of Topliss-reactive ketones (excluding diaryl/α,β-unsaturated/α-hetero) is 1. The van der Waals surface area contributed by atoms with E-state index in [2.05, 4.69) is 0 Å². The van der Waals surface area contributed by atoms with Gasteiger partial charge in [0.1, 0.15) is 12.4 Å². The second-order valence-corrected chi connectivity index (χ2v) is 6.75. The first kappa shape index (κ1) is 20.3. The molecule has 0 aliphatic carbocycles. The van der Waals surface area contributed by atoms with E-state index in [1.165, 1.54) is 23.1 Å². The number of anilines is 1. The third-order valence-electron chi connectivity index (χ3n) is 4.49. The highest BCUT2D eigenvalue weighted by Crippen LogP contribution is 2.25. The molecule has 1 heterocycles. The van der Waals surface area contributed by atoms with Crippen molar-refractivity contribution in [3.05, 3.63) is 64.4 Å². The van der Waals surface area contributed by atoms with Crippen molar-refractivity contribution >= 4 is 29.1 Å². The Hall–Kier alpha value is -2.48. The summed E-state index contributed by atoms with van der Waals surface area (Å²) in [5.74, 6) is -0.936. The Kier molecular flexibility index (Phi) is 6.61. The Balaban J connectivity index is 1.87. The van der Waals surface area contributed by atoms with E-state index in [9.17, 15) is 14.0 Å². The van der Waals surface area contributed by atoms with Gasteiger partial charge in [-0.05, 0) is 23.8 Å². The van der Waals surface area contributed by atoms with Gasteiger partial charge < -0.3 is 14.7 Å². The average molecular weight is 407 g/mol. The lowest BCUT2D eigenvalue weighted by Gasteiger charge is -2.33. The predicted octanol–water partition coefficient (Wildman–Crippen LogP) is 3.11. The van der Waals surface area contributed by atoms with E-state index < -0.39 is 12.4 Å². The van der Waals surface area contributed by atoms with Crippen LogP contribution in [0.1, 0.15) is 15.9 Å². The fraction of sp³-hybridized carbons (Fsp3) is 0.300. The molecule has 0 atom stereocenters. The molecule has 1 fully saturated rings. The van der Waals surface area contributed by atoms with Gasteiger partial charge in [0.2, 0.25) is 0 Å². The fourth-order valence-corrected chi connectivity index (χ4v) is 3.09. The van der Waals surface area contributed by atoms with Crippen LogP contribution in [0.3, 0.4) is 0 Å². The summed E-state index contributed by atoms with van der Waals surface area (Å²) in [5.41, 5.74) is 1.64. The first-order valence-corrected chi connectivity index (χ1v) is 9.19. The van der Waals surface area contributed by atoms with Crippen molar-refractivity contribution in [1.29, 1.82) is 0 Å². The van der Waals surface area contributed by atoms with Crippen LogP contribution in [-0.2, 0) is 11.3 Å². The number of hydrogen-bond donors (Lipinski definition) is 1. The summed E-state index contributed by atoms with van der Waals surface area (Å²) in [7, 11) is 0. The van der Waals surface area contributed by atoms with E-state index in [0.717, 1.165) is 5.56 Å². The quantitative estimate of drug-likeness (QED) is 0.774. The van der Waals surface area contributed by atoms with E-state index in [4.69, 9.17) is 21.4 Å². The molecule has 1 aliphatic rings. The second-order valence-electron chi connectivity index (χ2n) is 6.34. The molecular formula is C20H20ClFN2O4. The van der Waals surface area contributed by atoms with Gasteiger partial charge in [0, 0.05) is 24.3 Å². The van der Waals surface area contributed by atoms with Gasteiger partial charge >= 0.3 is 6.03 Å². The summed E-state index contributed by atoms with van der Waals surface area (Å²) >= 11 is 5.92. The number of ketones is 1. The highest BCUT2D eigenvalue weighted by molar-refractivity contribution is 6.31. The average Bonchev–Trinajstić information content (AvgIpc) is 2.74. The molecule has 2 amide bonds. The number of amides is 2. The minimum absolute atomic E-state index is 0.0684. The van der Waals surface area contributed by atoms with E-state index in [-0.39, 0.29) is 23.4 Å². The number of halogens is 2. The van der Waals surface area contributed by atoms with Crippen LogP contribution in [0.4, 0.5) is 14.9 Å². The Morgan fingerprint density at radius 3 is 2.43 bits per heavy atom. The number of benzene rings is 2. The van der Waals surface area contributed by atoms with E-state index in [1.807, 2.05) is 0 Å². The molecule has 0 saturated carbocycles. The van der Waals surface area contributed by atoms with Crippen LogP contribution in [0.2, 0.25) is 5.02 Å². The topological polar surface area (TPSA) is 70.1 Å². The van der Waals surface area contributed by atoms with Crippen LogP contribution >= 0.6 is 11.6 Å². The maximum Gasteiger partial charge on any atom is 0.324 e. The van der Waals surface area contributed by atoms with Crippen molar-refractivity contribution in [2.24, 2.45) is 0 Å². The van der Waals surface area contributed by atoms with Gasteiger partial charge in [-0.15, -0.1) is 0 Å². The zero-order chi connectivity index (χ0) is 20.1. The van der Waals surface area contributed by atoms with Gasteiger partial charge in [0.15, 0.2) is 5.78 Å². The molecule has 0 spiro atoms. The van der Waals surface area contributed by atoms with Crippen LogP contribution in [0.25, 0.3) is 0 Å². The third-order valence-corrected chi connectivity index (χ3v) is 4.78. The van der Waals surface area contributed by atoms with Gasteiger partial charge in [-0.2, -0.15) is 0 Å². The molecule has 6 nitrogen and oxygen atoms in total. The van der Waals surface area contributed by atoms with Crippen molar-refractivity contribution < 1.29 is 23.8 Å². The van der Waals surface area contributed by atoms with Crippen molar-refractivity contribution in [1.82, 2.24) is 4.90 Å². The molecule has 1 N–H and O–H groups in total. The van der Waals surface area contributed by atoms with E-state index in [0.29, 0.717) is 37.6 Å². The number of carbonyl (C=O) groups is 2. The minimum Gasteiger partial charge on any atom is -0.388 e. The molecule has 2 aromatic carbocycles. The first-order chi connectivity index (χ1) is 13.5. The van der Waals surface area contributed by atoms with Gasteiger partial charge in [-0.3, -0.25) is 9.69 Å². The number of aliphatic hydroxyl groups is 1. The maximum absolute atomic E-state index is 13.6. The van der Waals surface area contributed by atoms with Crippen molar-refractivity contribution in [3.8, 4) is 0 Å². The monoisotopic (exact) mass is 406 g/mol. The molecule has 8 heteroatoms. The molecule has 1 aliphatic heterocycles. The third kappa shape index (κ3) is 4.67. The van der Waals surface area contributed by atoms with E-state index >= 15 is 0 Å². The Morgan fingerprint density at radius 2 is 1.82 bits per heavy atom. The van der Waals surface area contributed by atoms with Crippen LogP contribution in [0, 0.1) is 5.82 Å². The minimum atomic E-state index is -0.560. The number of rotatable bonds is 5. The van der Waals surface area contributed by atoms with E-state index in [1.54, 1.807) is 29.2 Å². The standard InChI is InChI=1S/C20H20ClFN2O4/c21-17-11-16(5-6-18(17)22)24(20(27)23-7-9-28-10-8-23)12-14-1-3-15(4-2-14)19(26)13-25/h1-6,11,25H,7-10,12-13H2. The van der Waals surface area contributed by atoms with Gasteiger partial charge in [-0.1, -0.05) is 35.9 Å². The largest absolute Gasteiger partial charge is 0.388 e. The maximum atomic E-state index is 13.6. The number of hydrogen-bond acceptors (Lipinski definition) is 4. The lowest BCUT2D eigenvalue weighted by molar-refractivity contribution is 0.0548. The summed E-state index contributed by atoms with van der Waals surface area (Å²) in [4.78, 5) is 27.8. The molecule has 0 unspecified atom stereocenters.